The van der Waals surface area contributed by atoms with E-state index >= 15 is 0 Å². The predicted octanol–water partition coefficient (Wildman–Crippen LogP) is 3.22. The van der Waals surface area contributed by atoms with Gasteiger partial charge in [0, 0.05) is 12.3 Å². The first kappa shape index (κ1) is 26.6. The topological polar surface area (TPSA) is 124 Å². The summed E-state index contributed by atoms with van der Waals surface area (Å²) in [5.41, 5.74) is 0.397. The number of allylic oxidation sites excluding steroid dienone is 2. The molecule has 0 aliphatic heterocycles. The highest BCUT2D eigenvalue weighted by molar-refractivity contribution is 5.76. The number of esters is 1. The molecule has 0 fully saturated rings. The van der Waals surface area contributed by atoms with E-state index in [-0.39, 0.29) is 30.1 Å². The summed E-state index contributed by atoms with van der Waals surface area (Å²) in [6.07, 6.45) is 5.27. The van der Waals surface area contributed by atoms with E-state index in [9.17, 15) is 24.9 Å². The Morgan fingerprint density at radius 3 is 2.47 bits per heavy atom. The van der Waals surface area contributed by atoms with Gasteiger partial charge in [-0.2, -0.15) is 0 Å². The van der Waals surface area contributed by atoms with Crippen molar-refractivity contribution >= 4 is 11.9 Å². The number of rotatable bonds is 11. The molecule has 2 aliphatic rings. The third-order valence-corrected chi connectivity index (χ3v) is 7.47. The largest absolute Gasteiger partial charge is 0.481 e. The molecule has 182 valence electrons. The summed E-state index contributed by atoms with van der Waals surface area (Å²) in [4.78, 5) is 23.7. The molecule has 0 radical (unpaired) electrons. The van der Waals surface area contributed by atoms with E-state index in [1.54, 1.807) is 0 Å². The highest BCUT2D eigenvalue weighted by Gasteiger charge is 2.43. The van der Waals surface area contributed by atoms with Crippen molar-refractivity contribution in [3.63, 3.8) is 0 Å². The van der Waals surface area contributed by atoms with Gasteiger partial charge in [-0.05, 0) is 56.4 Å². The molecular weight excluding hydrogens is 412 g/mol. The fraction of sp³-hybridized carbons (Fsp3) is 0.760. The second kappa shape index (κ2) is 11.4. The number of carboxylic acid groups (broad SMARTS) is 1. The van der Waals surface area contributed by atoms with Crippen LogP contribution in [0.5, 0.6) is 0 Å². The van der Waals surface area contributed by atoms with Crippen molar-refractivity contribution in [2.75, 3.05) is 0 Å². The summed E-state index contributed by atoms with van der Waals surface area (Å²) in [5, 5.41) is 39.3. The van der Waals surface area contributed by atoms with Crippen LogP contribution in [0.25, 0.3) is 0 Å². The molecule has 0 aromatic carbocycles. The molecule has 0 saturated heterocycles. The Balaban J connectivity index is 2.14. The maximum absolute atomic E-state index is 13.0. The maximum Gasteiger partial charge on any atom is 0.312 e. The van der Waals surface area contributed by atoms with Crippen molar-refractivity contribution in [3.8, 4) is 0 Å². The molecule has 7 nitrogen and oxygen atoms in total. The van der Waals surface area contributed by atoms with Crippen molar-refractivity contribution in [3.05, 3.63) is 23.8 Å². The number of carboxylic acids is 1. The first-order valence-corrected chi connectivity index (χ1v) is 11.9. The van der Waals surface area contributed by atoms with E-state index in [4.69, 9.17) is 9.84 Å². The second-order valence-corrected chi connectivity index (χ2v) is 9.81. The Bertz CT molecular complexity index is 709. The molecule has 0 aromatic heterocycles. The van der Waals surface area contributed by atoms with Gasteiger partial charge in [0.25, 0.3) is 0 Å². The van der Waals surface area contributed by atoms with Gasteiger partial charge in [0.2, 0.25) is 0 Å². The lowest BCUT2D eigenvalue weighted by atomic mass is 9.66. The van der Waals surface area contributed by atoms with Crippen LogP contribution in [0.2, 0.25) is 0 Å². The summed E-state index contributed by atoms with van der Waals surface area (Å²) < 4.78 is 6.03. The molecule has 4 N–H and O–H groups in total. The van der Waals surface area contributed by atoms with Crippen molar-refractivity contribution < 1.29 is 34.8 Å². The lowest BCUT2D eigenvalue weighted by Gasteiger charge is -2.43. The lowest BCUT2D eigenvalue weighted by molar-refractivity contribution is -0.166. The average molecular weight is 453 g/mol. The zero-order chi connectivity index (χ0) is 24.1. The first-order chi connectivity index (χ1) is 15.0. The Morgan fingerprint density at radius 2 is 1.88 bits per heavy atom. The highest BCUT2D eigenvalue weighted by Crippen LogP contribution is 2.44. The minimum Gasteiger partial charge on any atom is -0.481 e. The predicted molar refractivity (Wildman–Crippen MR) is 121 cm³/mol. The fourth-order valence-corrected chi connectivity index (χ4v) is 4.91. The van der Waals surface area contributed by atoms with Gasteiger partial charge in [-0.15, -0.1) is 0 Å². The number of fused-ring (bicyclic) bond motifs is 1. The van der Waals surface area contributed by atoms with Crippen LogP contribution in [0.1, 0.15) is 72.6 Å². The van der Waals surface area contributed by atoms with Gasteiger partial charge < -0.3 is 25.2 Å². The van der Waals surface area contributed by atoms with E-state index in [0.29, 0.717) is 32.1 Å². The van der Waals surface area contributed by atoms with Crippen LogP contribution in [0.4, 0.5) is 0 Å². The zero-order valence-corrected chi connectivity index (χ0v) is 19.7. The third kappa shape index (κ3) is 6.65. The fourth-order valence-electron chi connectivity index (χ4n) is 4.91. The standard InChI is InChI=1S/C25H40O7/c1-5-25(4,6-2)24(31)32-21-13-18(27)11-16-8-7-15(3)20(23(16)21)10-9-17(26)12-19(28)14-22(29)30/h7-8,11,15,17-21,23,26-28H,5-6,9-10,12-14H2,1-4H3,(H,29,30)/t15-,17-,18-,19-,20+,21+,23+/m1/s1. The Morgan fingerprint density at radius 1 is 1.22 bits per heavy atom. The van der Waals surface area contributed by atoms with Gasteiger partial charge in [0.1, 0.15) is 6.10 Å². The van der Waals surface area contributed by atoms with E-state index in [1.165, 1.54) is 0 Å². The number of aliphatic hydroxyl groups is 3. The Hall–Kier alpha value is -1.70. The number of hydrogen-bond donors (Lipinski definition) is 4. The van der Waals surface area contributed by atoms with E-state index < -0.39 is 42.2 Å². The zero-order valence-electron chi connectivity index (χ0n) is 19.7. The van der Waals surface area contributed by atoms with Gasteiger partial charge >= 0.3 is 11.9 Å². The summed E-state index contributed by atoms with van der Waals surface area (Å²) in [6, 6.07) is 0. The molecule has 0 spiro atoms. The normalized spacial score (nSPS) is 29.6. The molecule has 0 saturated carbocycles. The van der Waals surface area contributed by atoms with Crippen molar-refractivity contribution in [2.45, 2.75) is 97.1 Å². The summed E-state index contributed by atoms with van der Waals surface area (Å²) in [6.45, 7) is 7.95. The molecule has 0 amide bonds. The average Bonchev–Trinajstić information content (AvgIpc) is 2.71. The molecule has 7 atom stereocenters. The number of hydrogen-bond acceptors (Lipinski definition) is 6. The number of carbonyl (C=O) groups is 2. The van der Waals surface area contributed by atoms with Crippen LogP contribution in [-0.4, -0.2) is 56.8 Å². The summed E-state index contributed by atoms with van der Waals surface area (Å²) in [5.74, 6) is -1.12. The van der Waals surface area contributed by atoms with Gasteiger partial charge in [-0.1, -0.05) is 39.0 Å². The highest BCUT2D eigenvalue weighted by atomic mass is 16.5. The smallest absolute Gasteiger partial charge is 0.312 e. The van der Waals surface area contributed by atoms with E-state index in [0.717, 1.165) is 5.57 Å². The molecule has 0 unspecified atom stereocenters. The molecular formula is C25H40O7. The van der Waals surface area contributed by atoms with Gasteiger partial charge in [0.15, 0.2) is 0 Å². The summed E-state index contributed by atoms with van der Waals surface area (Å²) >= 11 is 0. The molecule has 0 bridgehead atoms. The Labute approximate surface area is 191 Å². The van der Waals surface area contributed by atoms with E-state index in [2.05, 4.69) is 13.0 Å². The van der Waals surface area contributed by atoms with Crippen LogP contribution in [0, 0.1) is 23.2 Å². The number of ether oxygens (including phenoxy) is 1. The van der Waals surface area contributed by atoms with E-state index in [1.807, 2.05) is 32.9 Å². The van der Waals surface area contributed by atoms with Gasteiger partial charge in [0.05, 0.1) is 30.1 Å². The minimum atomic E-state index is -1.10. The van der Waals surface area contributed by atoms with Crippen LogP contribution in [0.3, 0.4) is 0 Å². The van der Waals surface area contributed by atoms with Crippen LogP contribution < -0.4 is 0 Å². The minimum absolute atomic E-state index is 0.0130. The lowest BCUT2D eigenvalue weighted by Crippen LogP contribution is -2.44. The van der Waals surface area contributed by atoms with Gasteiger partial charge in [-0.3, -0.25) is 9.59 Å². The second-order valence-electron chi connectivity index (χ2n) is 9.81. The quantitative estimate of drug-likeness (QED) is 0.355. The number of carbonyl (C=O) groups excluding carboxylic acids is 1. The SMILES string of the molecule is CCC(C)(CC)C(=O)O[C@H]1C[C@H](O)C=C2C=C[C@@H](C)[C@H](CC[C@@H](O)C[C@@H](O)CC(=O)O)[C@H]21. The molecule has 2 rings (SSSR count). The van der Waals surface area contributed by atoms with Crippen LogP contribution >= 0.6 is 0 Å². The molecule has 0 aromatic rings. The van der Waals surface area contributed by atoms with Crippen molar-refractivity contribution in [2.24, 2.45) is 23.2 Å². The molecule has 2 aliphatic carbocycles. The van der Waals surface area contributed by atoms with Crippen molar-refractivity contribution in [1.82, 2.24) is 0 Å². The third-order valence-electron chi connectivity index (χ3n) is 7.47. The van der Waals surface area contributed by atoms with Crippen LogP contribution in [0.15, 0.2) is 23.8 Å². The number of aliphatic carboxylic acids is 1. The molecule has 0 heterocycles. The Kier molecular flexibility index (Phi) is 9.49. The molecule has 7 heteroatoms. The van der Waals surface area contributed by atoms with Crippen molar-refractivity contribution in [1.29, 1.82) is 0 Å². The first-order valence-electron chi connectivity index (χ1n) is 11.9. The molecule has 32 heavy (non-hydrogen) atoms. The monoisotopic (exact) mass is 452 g/mol. The maximum atomic E-state index is 13.0. The van der Waals surface area contributed by atoms with Crippen LogP contribution in [-0.2, 0) is 14.3 Å². The van der Waals surface area contributed by atoms with Gasteiger partial charge in [-0.25, -0.2) is 0 Å². The number of aliphatic hydroxyl groups excluding tert-OH is 3. The summed E-state index contributed by atoms with van der Waals surface area (Å²) in [7, 11) is 0.